The molecule has 3 heterocycles. The molecule has 1 N–H and O–H groups in total. The van der Waals surface area contributed by atoms with E-state index < -0.39 is 13.0 Å². The Hall–Kier alpha value is -3.04. The SMILES string of the molecule is CC(C)c1noc(N2CCC(COC3=CC=C(C4=CCC(C(=O)NCC(F)F)CC4)N=CC3)CC2)n1. The van der Waals surface area contributed by atoms with Crippen molar-refractivity contribution in [2.24, 2.45) is 16.8 Å². The van der Waals surface area contributed by atoms with Crippen molar-refractivity contribution in [3.05, 3.63) is 41.1 Å². The number of amides is 1. The van der Waals surface area contributed by atoms with E-state index in [2.05, 4.69) is 25.3 Å². The van der Waals surface area contributed by atoms with Gasteiger partial charge in [0.1, 0.15) is 5.76 Å². The Morgan fingerprint density at radius 1 is 1.25 bits per heavy atom. The van der Waals surface area contributed by atoms with Crippen LogP contribution in [0.5, 0.6) is 0 Å². The number of nitrogens with zero attached hydrogens (tertiary/aromatic N) is 4. The van der Waals surface area contributed by atoms with E-state index in [0.717, 1.165) is 48.8 Å². The number of ether oxygens (including phenoxy) is 1. The van der Waals surface area contributed by atoms with Crippen molar-refractivity contribution >= 4 is 18.1 Å². The molecule has 1 atom stereocenters. The second-order valence-corrected chi connectivity index (χ2v) is 9.87. The van der Waals surface area contributed by atoms with E-state index in [4.69, 9.17) is 9.26 Å². The molecule has 0 radical (unpaired) electrons. The second kappa shape index (κ2) is 12.3. The van der Waals surface area contributed by atoms with Crippen LogP contribution < -0.4 is 10.2 Å². The summed E-state index contributed by atoms with van der Waals surface area (Å²) in [6.45, 7) is 5.91. The molecule has 1 unspecified atom stereocenters. The fourth-order valence-corrected chi connectivity index (χ4v) is 4.55. The van der Waals surface area contributed by atoms with Crippen LogP contribution in [-0.4, -0.2) is 54.9 Å². The number of piperidine rings is 1. The van der Waals surface area contributed by atoms with Gasteiger partial charge in [-0.25, -0.2) is 8.78 Å². The lowest BCUT2D eigenvalue weighted by atomic mass is 9.87. The molecule has 0 aromatic carbocycles. The lowest BCUT2D eigenvalue weighted by Gasteiger charge is -2.30. The van der Waals surface area contributed by atoms with E-state index in [1.165, 1.54) is 0 Å². The summed E-state index contributed by atoms with van der Waals surface area (Å²) in [5.41, 5.74) is 1.95. The average molecular weight is 504 g/mol. The minimum absolute atomic E-state index is 0.247. The van der Waals surface area contributed by atoms with Gasteiger partial charge in [-0.15, -0.1) is 0 Å². The molecule has 1 aromatic rings. The highest BCUT2D eigenvalue weighted by molar-refractivity contribution is 5.79. The maximum atomic E-state index is 12.3. The number of halogens is 2. The average Bonchev–Trinajstić information content (AvgIpc) is 3.27. The molecule has 1 amide bonds. The van der Waals surface area contributed by atoms with Gasteiger partial charge in [0.25, 0.3) is 6.43 Å². The van der Waals surface area contributed by atoms with E-state index >= 15 is 0 Å². The quantitative estimate of drug-likeness (QED) is 0.522. The van der Waals surface area contributed by atoms with E-state index in [1.807, 2.05) is 38.3 Å². The van der Waals surface area contributed by atoms with Crippen LogP contribution in [0.4, 0.5) is 14.8 Å². The molecule has 1 aliphatic carbocycles. The molecule has 1 aromatic heterocycles. The number of aromatic nitrogens is 2. The van der Waals surface area contributed by atoms with Crippen LogP contribution in [0.15, 0.2) is 44.8 Å². The van der Waals surface area contributed by atoms with Crippen molar-refractivity contribution in [1.29, 1.82) is 0 Å². The van der Waals surface area contributed by atoms with Gasteiger partial charge in [0.05, 0.1) is 18.8 Å². The van der Waals surface area contributed by atoms with Crippen LogP contribution >= 0.6 is 0 Å². The number of rotatable bonds is 9. The van der Waals surface area contributed by atoms with Crippen LogP contribution in [0.1, 0.15) is 64.1 Å². The van der Waals surface area contributed by atoms with Crippen molar-refractivity contribution in [3.8, 4) is 0 Å². The lowest BCUT2D eigenvalue weighted by Crippen LogP contribution is -2.35. The van der Waals surface area contributed by atoms with Crippen molar-refractivity contribution < 1.29 is 22.8 Å². The van der Waals surface area contributed by atoms with Gasteiger partial charge in [-0.05, 0) is 55.7 Å². The summed E-state index contributed by atoms with van der Waals surface area (Å²) in [7, 11) is 0. The number of anilines is 1. The summed E-state index contributed by atoms with van der Waals surface area (Å²) in [5, 5.41) is 6.37. The van der Waals surface area contributed by atoms with Crippen molar-refractivity contribution in [2.45, 2.75) is 64.7 Å². The number of carbonyl (C=O) groups excluding carboxylic acids is 1. The minimum Gasteiger partial charge on any atom is -0.497 e. The molecule has 196 valence electrons. The van der Waals surface area contributed by atoms with Gasteiger partial charge in [-0.2, -0.15) is 4.98 Å². The Bertz CT molecular complexity index is 1020. The number of hydrogen-bond acceptors (Lipinski definition) is 7. The van der Waals surface area contributed by atoms with Crippen molar-refractivity contribution in [2.75, 3.05) is 31.1 Å². The van der Waals surface area contributed by atoms with E-state index in [0.29, 0.717) is 44.2 Å². The molecular weight excluding hydrogens is 468 g/mol. The zero-order valence-electron chi connectivity index (χ0n) is 21.0. The van der Waals surface area contributed by atoms with Crippen LogP contribution in [0.2, 0.25) is 0 Å². The second-order valence-electron chi connectivity index (χ2n) is 9.87. The third kappa shape index (κ3) is 7.01. The standard InChI is InChI=1S/C26H35F2N5O3/c1-17(2)24-31-26(36-32-24)33-13-10-18(11-14-33)16-35-21-7-8-22(29-12-9-21)19-3-5-20(6-4-19)25(34)30-15-23(27)28/h3,7-8,12,17-18,20,23H,4-6,9-11,13-16H2,1-2H3,(H,30,34). The minimum atomic E-state index is -2.53. The molecule has 0 spiro atoms. The predicted molar refractivity (Wildman–Crippen MR) is 133 cm³/mol. The maximum Gasteiger partial charge on any atom is 0.324 e. The number of carbonyl (C=O) groups is 1. The smallest absolute Gasteiger partial charge is 0.324 e. The Morgan fingerprint density at radius 3 is 2.72 bits per heavy atom. The summed E-state index contributed by atoms with van der Waals surface area (Å²) in [5.74, 6) is 1.77. The molecule has 4 rings (SSSR count). The zero-order chi connectivity index (χ0) is 25.5. The number of nitrogens with one attached hydrogen (secondary N) is 1. The van der Waals surface area contributed by atoms with Crippen LogP contribution in [0.25, 0.3) is 0 Å². The van der Waals surface area contributed by atoms with Gasteiger partial charge in [-0.1, -0.05) is 25.1 Å². The first-order valence-electron chi connectivity index (χ1n) is 12.8. The summed E-state index contributed by atoms with van der Waals surface area (Å²) in [4.78, 5) is 23.3. The van der Waals surface area contributed by atoms with Crippen molar-refractivity contribution in [1.82, 2.24) is 15.5 Å². The van der Waals surface area contributed by atoms with Crippen LogP contribution in [0, 0.1) is 11.8 Å². The molecular formula is C26H35F2N5O3. The van der Waals surface area contributed by atoms with Crippen LogP contribution in [0.3, 0.4) is 0 Å². The highest BCUT2D eigenvalue weighted by Gasteiger charge is 2.25. The highest BCUT2D eigenvalue weighted by atomic mass is 19.3. The van der Waals surface area contributed by atoms with E-state index in [-0.39, 0.29) is 17.7 Å². The fourth-order valence-electron chi connectivity index (χ4n) is 4.55. The van der Waals surface area contributed by atoms with Gasteiger partial charge in [0.15, 0.2) is 5.82 Å². The Labute approximate surface area is 210 Å². The molecule has 10 heteroatoms. The van der Waals surface area contributed by atoms with Gasteiger partial charge in [0.2, 0.25) is 5.91 Å². The van der Waals surface area contributed by atoms with Gasteiger partial charge >= 0.3 is 6.01 Å². The van der Waals surface area contributed by atoms with E-state index in [9.17, 15) is 13.6 Å². The number of alkyl halides is 2. The van der Waals surface area contributed by atoms with Crippen molar-refractivity contribution in [3.63, 3.8) is 0 Å². The first kappa shape index (κ1) is 26.0. The number of allylic oxidation sites excluding steroid dienone is 5. The molecule has 1 saturated heterocycles. The third-order valence-corrected chi connectivity index (χ3v) is 6.83. The zero-order valence-corrected chi connectivity index (χ0v) is 21.0. The molecule has 0 bridgehead atoms. The van der Waals surface area contributed by atoms with Crippen LogP contribution in [-0.2, 0) is 9.53 Å². The molecule has 36 heavy (non-hydrogen) atoms. The largest absolute Gasteiger partial charge is 0.497 e. The third-order valence-electron chi connectivity index (χ3n) is 6.83. The summed E-state index contributed by atoms with van der Waals surface area (Å²) in [6, 6.07) is 0.607. The summed E-state index contributed by atoms with van der Waals surface area (Å²) in [6.07, 6.45) is 9.76. The van der Waals surface area contributed by atoms with E-state index in [1.54, 1.807) is 0 Å². The summed E-state index contributed by atoms with van der Waals surface area (Å²) < 4.78 is 36.2. The van der Waals surface area contributed by atoms with Gasteiger partial charge in [0, 0.05) is 37.6 Å². The lowest BCUT2D eigenvalue weighted by molar-refractivity contribution is -0.125. The molecule has 2 aliphatic heterocycles. The maximum absolute atomic E-state index is 12.3. The fraction of sp³-hybridized carbons (Fsp3) is 0.615. The molecule has 1 fully saturated rings. The monoisotopic (exact) mass is 503 g/mol. The summed E-state index contributed by atoms with van der Waals surface area (Å²) >= 11 is 0. The topological polar surface area (TPSA) is 92.8 Å². The molecule has 0 saturated carbocycles. The Morgan fingerprint density at radius 2 is 2.06 bits per heavy atom. The molecule has 8 nitrogen and oxygen atoms in total. The number of hydrogen-bond donors (Lipinski definition) is 1. The normalized spacial score (nSPS) is 21.2. The first-order chi connectivity index (χ1) is 17.4. The Kier molecular flexibility index (Phi) is 8.88. The number of aliphatic imine (C=N–C) groups is 1. The Balaban J connectivity index is 1.23. The molecule has 3 aliphatic rings. The highest BCUT2D eigenvalue weighted by Crippen LogP contribution is 2.30. The predicted octanol–water partition coefficient (Wildman–Crippen LogP) is 4.78. The first-order valence-corrected chi connectivity index (χ1v) is 12.8. The van der Waals surface area contributed by atoms with Gasteiger partial charge in [-0.3, -0.25) is 9.79 Å². The van der Waals surface area contributed by atoms with Gasteiger partial charge < -0.3 is 19.5 Å².